The molecule has 5 nitrogen and oxygen atoms in total. The van der Waals surface area contributed by atoms with Crippen LogP contribution in [0.2, 0.25) is 0 Å². The summed E-state index contributed by atoms with van der Waals surface area (Å²) in [6.07, 6.45) is 3.98. The largest absolute Gasteiger partial charge is 0.316 e. The Bertz CT molecular complexity index is 458. The van der Waals surface area contributed by atoms with Crippen LogP contribution < -0.4 is 10.6 Å². The van der Waals surface area contributed by atoms with Crippen molar-refractivity contribution in [3.63, 3.8) is 0 Å². The molecule has 0 aromatic carbocycles. The minimum Gasteiger partial charge on any atom is -0.316 e. The SMILES string of the molecule is CC(C)n1nccc1NC(=O)C(C)(C)C1CCCNC1. The molecular weight excluding hydrogens is 252 g/mol. The molecule has 0 bridgehead atoms. The van der Waals surface area contributed by atoms with Gasteiger partial charge < -0.3 is 10.6 Å². The third-order valence-electron chi connectivity index (χ3n) is 4.30. The van der Waals surface area contributed by atoms with Gasteiger partial charge >= 0.3 is 0 Å². The molecule has 2 rings (SSSR count). The number of rotatable bonds is 4. The molecule has 1 aromatic rings. The molecule has 0 saturated carbocycles. The third-order valence-corrected chi connectivity index (χ3v) is 4.30. The Labute approximate surface area is 121 Å². The summed E-state index contributed by atoms with van der Waals surface area (Å²) in [7, 11) is 0. The fourth-order valence-corrected chi connectivity index (χ4v) is 2.76. The summed E-state index contributed by atoms with van der Waals surface area (Å²) in [5, 5.41) is 10.7. The van der Waals surface area contributed by atoms with Gasteiger partial charge in [-0.2, -0.15) is 5.10 Å². The fourth-order valence-electron chi connectivity index (χ4n) is 2.76. The Morgan fingerprint density at radius 2 is 2.30 bits per heavy atom. The van der Waals surface area contributed by atoms with Crippen molar-refractivity contribution in [2.24, 2.45) is 11.3 Å². The van der Waals surface area contributed by atoms with E-state index in [9.17, 15) is 4.79 Å². The molecule has 1 aliphatic heterocycles. The first-order chi connectivity index (χ1) is 9.43. The number of carbonyl (C=O) groups excluding carboxylic acids is 1. The van der Waals surface area contributed by atoms with Gasteiger partial charge in [-0.15, -0.1) is 0 Å². The summed E-state index contributed by atoms with van der Waals surface area (Å²) in [5.41, 5.74) is -0.375. The maximum absolute atomic E-state index is 12.6. The van der Waals surface area contributed by atoms with Gasteiger partial charge in [0.2, 0.25) is 5.91 Å². The first-order valence-corrected chi connectivity index (χ1v) is 7.48. The normalized spacial score (nSPS) is 20.1. The molecule has 2 heterocycles. The van der Waals surface area contributed by atoms with E-state index in [1.165, 1.54) is 0 Å². The van der Waals surface area contributed by atoms with E-state index in [-0.39, 0.29) is 17.4 Å². The highest BCUT2D eigenvalue weighted by Crippen LogP contribution is 2.33. The van der Waals surface area contributed by atoms with Crippen LogP contribution in [-0.2, 0) is 4.79 Å². The van der Waals surface area contributed by atoms with Gasteiger partial charge in [0, 0.05) is 17.5 Å². The molecule has 1 saturated heterocycles. The van der Waals surface area contributed by atoms with Crippen LogP contribution >= 0.6 is 0 Å². The zero-order valence-corrected chi connectivity index (χ0v) is 12.9. The third kappa shape index (κ3) is 3.03. The molecule has 20 heavy (non-hydrogen) atoms. The molecule has 1 fully saturated rings. The molecule has 1 amide bonds. The van der Waals surface area contributed by atoms with Crippen molar-refractivity contribution in [3.8, 4) is 0 Å². The minimum atomic E-state index is -0.375. The summed E-state index contributed by atoms with van der Waals surface area (Å²) >= 11 is 0. The summed E-state index contributed by atoms with van der Waals surface area (Å²) in [5.74, 6) is 1.24. The topological polar surface area (TPSA) is 59.0 Å². The molecule has 1 aliphatic rings. The number of carbonyl (C=O) groups is 1. The predicted molar refractivity (Wildman–Crippen MR) is 80.6 cm³/mol. The van der Waals surface area contributed by atoms with Crippen LogP contribution in [0.1, 0.15) is 46.6 Å². The molecule has 1 aromatic heterocycles. The molecule has 1 unspecified atom stereocenters. The van der Waals surface area contributed by atoms with Gasteiger partial charge in [-0.3, -0.25) is 4.79 Å². The number of anilines is 1. The van der Waals surface area contributed by atoms with Gasteiger partial charge in [0.25, 0.3) is 0 Å². The Morgan fingerprint density at radius 1 is 1.55 bits per heavy atom. The number of hydrogen-bond acceptors (Lipinski definition) is 3. The summed E-state index contributed by atoms with van der Waals surface area (Å²) in [4.78, 5) is 12.6. The van der Waals surface area contributed by atoms with Gasteiger partial charge in [0.15, 0.2) is 0 Å². The maximum atomic E-state index is 12.6. The summed E-state index contributed by atoms with van der Waals surface area (Å²) in [6, 6.07) is 2.09. The van der Waals surface area contributed by atoms with Crippen molar-refractivity contribution in [1.82, 2.24) is 15.1 Å². The van der Waals surface area contributed by atoms with E-state index in [1.54, 1.807) is 6.20 Å². The highest BCUT2D eigenvalue weighted by Gasteiger charge is 2.37. The van der Waals surface area contributed by atoms with Gasteiger partial charge in [-0.1, -0.05) is 13.8 Å². The van der Waals surface area contributed by atoms with Gasteiger partial charge in [0.1, 0.15) is 5.82 Å². The average Bonchev–Trinajstić information content (AvgIpc) is 2.88. The second-order valence-electron chi connectivity index (χ2n) is 6.47. The van der Waals surface area contributed by atoms with Crippen molar-refractivity contribution in [2.45, 2.75) is 46.6 Å². The average molecular weight is 278 g/mol. The van der Waals surface area contributed by atoms with Crippen LogP contribution in [0.4, 0.5) is 5.82 Å². The first-order valence-electron chi connectivity index (χ1n) is 7.48. The molecule has 1 atom stereocenters. The Balaban J connectivity index is 2.08. The molecule has 0 radical (unpaired) electrons. The second-order valence-corrected chi connectivity index (χ2v) is 6.47. The minimum absolute atomic E-state index is 0.0774. The second kappa shape index (κ2) is 5.95. The Kier molecular flexibility index (Phi) is 4.48. The van der Waals surface area contributed by atoms with E-state index in [2.05, 4.69) is 29.6 Å². The summed E-state index contributed by atoms with van der Waals surface area (Å²) in [6.45, 7) is 10.2. The van der Waals surface area contributed by atoms with Gasteiger partial charge in [-0.05, 0) is 45.7 Å². The monoisotopic (exact) mass is 278 g/mol. The van der Waals surface area contributed by atoms with Crippen molar-refractivity contribution in [3.05, 3.63) is 12.3 Å². The molecule has 112 valence electrons. The molecule has 2 N–H and O–H groups in total. The van der Waals surface area contributed by atoms with Crippen molar-refractivity contribution < 1.29 is 4.79 Å². The Hall–Kier alpha value is -1.36. The lowest BCUT2D eigenvalue weighted by molar-refractivity contribution is -0.127. The highest BCUT2D eigenvalue weighted by atomic mass is 16.2. The molecule has 5 heteroatoms. The van der Waals surface area contributed by atoms with Crippen LogP contribution in [0.5, 0.6) is 0 Å². The zero-order chi connectivity index (χ0) is 14.8. The van der Waals surface area contributed by atoms with Crippen LogP contribution in [-0.4, -0.2) is 28.8 Å². The quantitative estimate of drug-likeness (QED) is 0.889. The fraction of sp³-hybridized carbons (Fsp3) is 0.733. The van der Waals surface area contributed by atoms with Crippen LogP contribution in [0, 0.1) is 11.3 Å². The number of nitrogens with zero attached hydrogens (tertiary/aromatic N) is 2. The van der Waals surface area contributed by atoms with Crippen molar-refractivity contribution in [2.75, 3.05) is 18.4 Å². The first kappa shape index (κ1) is 15.0. The number of nitrogens with one attached hydrogen (secondary N) is 2. The smallest absolute Gasteiger partial charge is 0.231 e. The Morgan fingerprint density at radius 3 is 2.90 bits per heavy atom. The molecule has 0 spiro atoms. The van der Waals surface area contributed by atoms with E-state index in [4.69, 9.17) is 0 Å². The van der Waals surface area contributed by atoms with Crippen LogP contribution in [0.15, 0.2) is 12.3 Å². The van der Waals surface area contributed by atoms with E-state index in [0.717, 1.165) is 31.7 Å². The standard InChI is InChI=1S/C15H26N4O/c1-11(2)19-13(7-9-17-19)18-14(20)15(3,4)12-6-5-8-16-10-12/h7,9,11-12,16H,5-6,8,10H2,1-4H3,(H,18,20). The lowest BCUT2D eigenvalue weighted by Gasteiger charge is -2.36. The number of piperidine rings is 1. The van der Waals surface area contributed by atoms with E-state index in [0.29, 0.717) is 5.92 Å². The maximum Gasteiger partial charge on any atom is 0.231 e. The predicted octanol–water partition coefficient (Wildman–Crippen LogP) is 2.43. The van der Waals surface area contributed by atoms with Crippen LogP contribution in [0.3, 0.4) is 0 Å². The number of aromatic nitrogens is 2. The van der Waals surface area contributed by atoms with E-state index < -0.39 is 0 Å². The van der Waals surface area contributed by atoms with Crippen LogP contribution in [0.25, 0.3) is 0 Å². The highest BCUT2D eigenvalue weighted by molar-refractivity contribution is 5.94. The summed E-state index contributed by atoms with van der Waals surface area (Å²) < 4.78 is 1.84. The van der Waals surface area contributed by atoms with E-state index in [1.807, 2.05) is 24.6 Å². The van der Waals surface area contributed by atoms with Gasteiger partial charge in [-0.25, -0.2) is 4.68 Å². The lowest BCUT2D eigenvalue weighted by atomic mass is 9.74. The molecular formula is C15H26N4O. The van der Waals surface area contributed by atoms with Crippen molar-refractivity contribution >= 4 is 11.7 Å². The number of hydrogen-bond donors (Lipinski definition) is 2. The van der Waals surface area contributed by atoms with E-state index >= 15 is 0 Å². The zero-order valence-electron chi connectivity index (χ0n) is 12.9. The van der Waals surface area contributed by atoms with Gasteiger partial charge in [0.05, 0.1) is 6.20 Å². The van der Waals surface area contributed by atoms with Crippen molar-refractivity contribution in [1.29, 1.82) is 0 Å². The lowest BCUT2D eigenvalue weighted by Crippen LogP contribution is -2.45. The number of amides is 1. The molecule has 0 aliphatic carbocycles.